The predicted octanol–water partition coefficient (Wildman–Crippen LogP) is 3.11. The Kier molecular flexibility index (Phi) is 6.01. The Bertz CT molecular complexity index is 1110. The Morgan fingerprint density at radius 3 is 2.11 bits per heavy atom. The summed E-state index contributed by atoms with van der Waals surface area (Å²) >= 11 is 0. The number of hydrogen-bond acceptors (Lipinski definition) is 5. The lowest BCUT2D eigenvalue weighted by Crippen LogP contribution is -2.62. The number of rotatable bonds is 8. The van der Waals surface area contributed by atoms with Crippen molar-refractivity contribution in [3.8, 4) is 11.1 Å². The highest BCUT2D eigenvalue weighted by molar-refractivity contribution is 5.91. The molecule has 4 atom stereocenters. The van der Waals surface area contributed by atoms with Crippen LogP contribution in [0.3, 0.4) is 0 Å². The summed E-state index contributed by atoms with van der Waals surface area (Å²) in [5, 5.41) is 12.1. The highest BCUT2D eigenvalue weighted by Crippen LogP contribution is 2.52. The lowest BCUT2D eigenvalue weighted by atomic mass is 9.95. The number of carboxylic acid groups (broad SMARTS) is 1. The van der Waals surface area contributed by atoms with Crippen LogP contribution in [0, 0.1) is 17.8 Å². The number of hydrogen-bond donors (Lipinski definition) is 2. The lowest BCUT2D eigenvalue weighted by molar-refractivity contribution is -0.143. The Morgan fingerprint density at radius 2 is 1.60 bits per heavy atom. The molecule has 5 rings (SSSR count). The Hall–Kier alpha value is -3.39. The van der Waals surface area contributed by atoms with Crippen LogP contribution in [-0.2, 0) is 19.1 Å². The number of benzene rings is 2. The van der Waals surface area contributed by atoms with E-state index in [0.717, 1.165) is 22.3 Å². The van der Waals surface area contributed by atoms with Gasteiger partial charge in [0.05, 0.1) is 12.5 Å². The molecule has 1 saturated heterocycles. The normalized spacial score (nSPS) is 23.6. The van der Waals surface area contributed by atoms with Gasteiger partial charge in [-0.2, -0.15) is 0 Å². The van der Waals surface area contributed by atoms with Crippen LogP contribution in [0.2, 0.25) is 0 Å². The van der Waals surface area contributed by atoms with Crippen molar-refractivity contribution in [3.05, 3.63) is 59.7 Å². The average molecular weight is 479 g/mol. The van der Waals surface area contributed by atoms with Crippen LogP contribution >= 0.6 is 0 Å². The fourth-order valence-corrected chi connectivity index (χ4v) is 5.93. The van der Waals surface area contributed by atoms with E-state index in [2.05, 4.69) is 29.6 Å². The van der Waals surface area contributed by atoms with E-state index >= 15 is 0 Å². The minimum absolute atomic E-state index is 0.000715. The molecule has 35 heavy (non-hydrogen) atoms. The minimum atomic E-state index is -1.27. The van der Waals surface area contributed by atoms with E-state index in [1.54, 1.807) is 4.90 Å². The maximum absolute atomic E-state index is 13.5. The summed E-state index contributed by atoms with van der Waals surface area (Å²) in [4.78, 5) is 39.4. The van der Waals surface area contributed by atoms with Crippen LogP contribution in [0.15, 0.2) is 48.5 Å². The highest BCUT2D eigenvalue weighted by atomic mass is 16.5. The standard InChI is InChI=1S/C27H30N2O6/c1-3-27(15-34-2,25(32)29-12-20-21(13-29)23(20)24(30)31)28-26(33)35-14-22-18-10-6-4-8-16(18)17-9-5-7-11-19(17)22/h4-11,20-23H,3,12-15H2,1-2H3,(H,28,33)(H,30,31)/t20-,21+,23?,27?. The number of ether oxygens (including phenoxy) is 2. The Morgan fingerprint density at radius 1 is 1.03 bits per heavy atom. The number of nitrogens with zero attached hydrogens (tertiary/aromatic N) is 1. The van der Waals surface area contributed by atoms with Crippen molar-refractivity contribution < 1.29 is 29.0 Å². The fraction of sp³-hybridized carbons (Fsp3) is 0.444. The minimum Gasteiger partial charge on any atom is -0.481 e. The molecule has 3 aliphatic rings. The Labute approximate surface area is 204 Å². The van der Waals surface area contributed by atoms with Crippen LogP contribution < -0.4 is 5.32 Å². The summed E-state index contributed by atoms with van der Waals surface area (Å²) in [6, 6.07) is 16.2. The first kappa shape index (κ1) is 23.4. The van der Waals surface area contributed by atoms with E-state index < -0.39 is 17.6 Å². The quantitative estimate of drug-likeness (QED) is 0.604. The van der Waals surface area contributed by atoms with Crippen LogP contribution in [0.25, 0.3) is 11.1 Å². The third-order valence-electron chi connectivity index (χ3n) is 7.86. The second-order valence-corrected chi connectivity index (χ2v) is 9.72. The largest absolute Gasteiger partial charge is 0.481 e. The third kappa shape index (κ3) is 3.95. The molecule has 1 aliphatic heterocycles. The molecule has 2 N–H and O–H groups in total. The van der Waals surface area contributed by atoms with E-state index in [4.69, 9.17) is 9.47 Å². The van der Waals surface area contributed by atoms with Crippen molar-refractivity contribution in [2.24, 2.45) is 17.8 Å². The maximum Gasteiger partial charge on any atom is 0.408 e. The number of piperidine rings is 1. The van der Waals surface area contributed by atoms with Gasteiger partial charge in [-0.3, -0.25) is 9.59 Å². The van der Waals surface area contributed by atoms with Gasteiger partial charge >= 0.3 is 12.1 Å². The molecular formula is C27H30N2O6. The first-order valence-electron chi connectivity index (χ1n) is 12.0. The molecule has 184 valence electrons. The van der Waals surface area contributed by atoms with Gasteiger partial charge in [-0.1, -0.05) is 55.5 Å². The number of carboxylic acids is 1. The molecule has 2 aromatic rings. The number of nitrogens with one attached hydrogen (secondary N) is 1. The zero-order valence-corrected chi connectivity index (χ0v) is 19.9. The van der Waals surface area contributed by atoms with Crippen molar-refractivity contribution in [2.75, 3.05) is 33.4 Å². The molecule has 0 radical (unpaired) electrons. The first-order chi connectivity index (χ1) is 16.9. The van der Waals surface area contributed by atoms with E-state index in [0.29, 0.717) is 19.5 Å². The van der Waals surface area contributed by atoms with Crippen molar-refractivity contribution in [3.63, 3.8) is 0 Å². The molecule has 0 spiro atoms. The smallest absolute Gasteiger partial charge is 0.408 e. The van der Waals surface area contributed by atoms with Gasteiger partial charge in [0, 0.05) is 26.1 Å². The zero-order chi connectivity index (χ0) is 24.7. The van der Waals surface area contributed by atoms with Crippen molar-refractivity contribution >= 4 is 18.0 Å². The number of carbonyl (C=O) groups is 3. The average Bonchev–Trinajstić information content (AvgIpc) is 3.21. The zero-order valence-electron chi connectivity index (χ0n) is 19.9. The molecule has 0 aromatic heterocycles. The summed E-state index contributed by atoms with van der Waals surface area (Å²) in [7, 11) is 1.49. The van der Waals surface area contributed by atoms with Gasteiger partial charge in [0.2, 0.25) is 0 Å². The molecule has 2 aromatic carbocycles. The molecule has 1 saturated carbocycles. The second kappa shape index (κ2) is 9.00. The molecule has 8 nitrogen and oxygen atoms in total. The van der Waals surface area contributed by atoms with Gasteiger partial charge in [-0.05, 0) is 40.5 Å². The summed E-state index contributed by atoms with van der Waals surface area (Å²) in [6.45, 7) is 2.74. The van der Waals surface area contributed by atoms with E-state index in [-0.39, 0.29) is 42.8 Å². The van der Waals surface area contributed by atoms with Gasteiger partial charge in [0.25, 0.3) is 5.91 Å². The van der Waals surface area contributed by atoms with Crippen molar-refractivity contribution in [1.82, 2.24) is 10.2 Å². The van der Waals surface area contributed by atoms with E-state index in [1.165, 1.54) is 7.11 Å². The van der Waals surface area contributed by atoms with Crippen molar-refractivity contribution in [2.45, 2.75) is 24.8 Å². The monoisotopic (exact) mass is 478 g/mol. The Balaban J connectivity index is 1.27. The van der Waals surface area contributed by atoms with Gasteiger partial charge in [-0.25, -0.2) is 4.79 Å². The number of amides is 2. The number of carbonyl (C=O) groups excluding carboxylic acids is 2. The number of fused-ring (bicyclic) bond motifs is 4. The predicted molar refractivity (Wildman–Crippen MR) is 128 cm³/mol. The highest BCUT2D eigenvalue weighted by Gasteiger charge is 2.61. The third-order valence-corrected chi connectivity index (χ3v) is 7.86. The summed E-state index contributed by atoms with van der Waals surface area (Å²) in [5.74, 6) is -1.53. The molecule has 8 heteroatoms. The van der Waals surface area contributed by atoms with Crippen molar-refractivity contribution in [1.29, 1.82) is 0 Å². The number of methoxy groups -OCH3 is 1. The molecule has 2 aliphatic carbocycles. The lowest BCUT2D eigenvalue weighted by Gasteiger charge is -2.35. The number of aliphatic carboxylic acids is 1. The molecular weight excluding hydrogens is 448 g/mol. The summed E-state index contributed by atoms with van der Waals surface area (Å²) in [5.41, 5.74) is 3.23. The molecule has 2 fully saturated rings. The summed E-state index contributed by atoms with van der Waals surface area (Å²) < 4.78 is 11.0. The van der Waals surface area contributed by atoms with Crippen LogP contribution in [-0.4, -0.2) is 66.9 Å². The maximum atomic E-state index is 13.5. The van der Waals surface area contributed by atoms with E-state index in [1.807, 2.05) is 31.2 Å². The fourth-order valence-electron chi connectivity index (χ4n) is 5.93. The molecule has 1 heterocycles. The summed E-state index contributed by atoms with van der Waals surface area (Å²) in [6.07, 6.45) is -0.357. The van der Waals surface area contributed by atoms with E-state index in [9.17, 15) is 19.5 Å². The van der Waals surface area contributed by atoms with Crippen LogP contribution in [0.4, 0.5) is 4.79 Å². The SMILES string of the molecule is CCC(COC)(NC(=O)OCC1c2ccccc2-c2ccccc21)C(=O)N1C[C@@H]2C(C(=O)O)[C@@H]2C1. The van der Waals surface area contributed by atoms with Gasteiger partial charge in [0.1, 0.15) is 12.1 Å². The van der Waals surface area contributed by atoms with Gasteiger partial charge < -0.3 is 24.8 Å². The topological polar surface area (TPSA) is 105 Å². The van der Waals surface area contributed by atoms with Crippen LogP contribution in [0.5, 0.6) is 0 Å². The van der Waals surface area contributed by atoms with Gasteiger partial charge in [-0.15, -0.1) is 0 Å². The molecule has 2 amide bonds. The molecule has 0 bridgehead atoms. The second-order valence-electron chi connectivity index (χ2n) is 9.72. The van der Waals surface area contributed by atoms with Gasteiger partial charge in [0.15, 0.2) is 0 Å². The number of likely N-dealkylation sites (tertiary alicyclic amines) is 1. The number of alkyl carbamates (subject to hydrolysis) is 1. The van der Waals surface area contributed by atoms with Crippen LogP contribution in [0.1, 0.15) is 30.4 Å². The first-order valence-corrected chi connectivity index (χ1v) is 12.0. The molecule has 2 unspecified atom stereocenters.